The number of carbonyl (C=O) groups is 1. The Hall–Kier alpha value is -0.0300. The van der Waals surface area contributed by atoms with Crippen molar-refractivity contribution in [1.29, 1.82) is 0 Å². The minimum absolute atomic E-state index is 0. The first kappa shape index (κ1) is 21.3. The van der Waals surface area contributed by atoms with Crippen LogP contribution in [0.25, 0.3) is 0 Å². The van der Waals surface area contributed by atoms with Crippen LogP contribution in [0, 0.1) is 11.3 Å². The molecule has 2 unspecified atom stereocenters. The maximum absolute atomic E-state index is 11.9. The molecular formula is C13H29Cl2N3O. The van der Waals surface area contributed by atoms with E-state index < -0.39 is 0 Å². The van der Waals surface area contributed by atoms with Crippen LogP contribution >= 0.6 is 24.8 Å². The van der Waals surface area contributed by atoms with Gasteiger partial charge in [-0.1, -0.05) is 13.8 Å². The van der Waals surface area contributed by atoms with Gasteiger partial charge in [-0.05, 0) is 38.8 Å². The molecule has 0 bridgehead atoms. The van der Waals surface area contributed by atoms with Crippen molar-refractivity contribution in [3.05, 3.63) is 0 Å². The van der Waals surface area contributed by atoms with Gasteiger partial charge in [0.15, 0.2) is 0 Å². The van der Waals surface area contributed by atoms with Crippen LogP contribution in [0.3, 0.4) is 0 Å². The van der Waals surface area contributed by atoms with Gasteiger partial charge in [-0.15, -0.1) is 24.8 Å². The Labute approximate surface area is 129 Å². The number of carbonyl (C=O) groups excluding carboxylic acids is 1. The zero-order valence-electron chi connectivity index (χ0n) is 12.4. The van der Waals surface area contributed by atoms with E-state index in [1.807, 2.05) is 0 Å². The lowest BCUT2D eigenvalue weighted by Crippen LogP contribution is -2.41. The summed E-state index contributed by atoms with van der Waals surface area (Å²) in [6.07, 6.45) is 2.78. The van der Waals surface area contributed by atoms with Gasteiger partial charge >= 0.3 is 0 Å². The molecule has 0 aliphatic heterocycles. The third-order valence-corrected chi connectivity index (χ3v) is 3.33. The van der Waals surface area contributed by atoms with Crippen LogP contribution in [-0.4, -0.2) is 44.0 Å². The van der Waals surface area contributed by atoms with Crippen LogP contribution < -0.4 is 11.1 Å². The first-order chi connectivity index (χ1) is 7.80. The molecule has 0 radical (unpaired) electrons. The Morgan fingerprint density at radius 1 is 1.32 bits per heavy atom. The Balaban J connectivity index is 0. The second-order valence-electron chi connectivity index (χ2n) is 6.39. The van der Waals surface area contributed by atoms with Gasteiger partial charge in [0.1, 0.15) is 0 Å². The normalized spacial score (nSPS) is 22.6. The first-order valence-electron chi connectivity index (χ1n) is 6.48. The molecule has 19 heavy (non-hydrogen) atoms. The Bertz CT molecular complexity index is 273. The fourth-order valence-corrected chi connectivity index (χ4v) is 2.64. The molecule has 0 aromatic carbocycles. The molecule has 6 heteroatoms. The fraction of sp³-hybridized carbons (Fsp3) is 0.923. The molecule has 0 heterocycles. The highest BCUT2D eigenvalue weighted by atomic mass is 35.5. The van der Waals surface area contributed by atoms with Gasteiger partial charge in [0.25, 0.3) is 0 Å². The van der Waals surface area contributed by atoms with Crippen LogP contribution in [0.2, 0.25) is 0 Å². The summed E-state index contributed by atoms with van der Waals surface area (Å²) >= 11 is 0. The first-order valence-corrected chi connectivity index (χ1v) is 6.48. The van der Waals surface area contributed by atoms with Gasteiger partial charge in [-0.25, -0.2) is 0 Å². The highest BCUT2D eigenvalue weighted by Crippen LogP contribution is 2.24. The molecule has 0 aromatic rings. The van der Waals surface area contributed by atoms with Crippen LogP contribution in [0.15, 0.2) is 0 Å². The average molecular weight is 314 g/mol. The van der Waals surface area contributed by atoms with Crippen molar-refractivity contribution in [2.75, 3.05) is 27.2 Å². The molecule has 1 aliphatic carbocycles. The van der Waals surface area contributed by atoms with E-state index in [0.717, 1.165) is 32.4 Å². The fourth-order valence-electron chi connectivity index (χ4n) is 2.64. The highest BCUT2D eigenvalue weighted by molar-refractivity contribution is 5.85. The van der Waals surface area contributed by atoms with E-state index in [-0.39, 0.29) is 48.1 Å². The molecule has 0 saturated heterocycles. The van der Waals surface area contributed by atoms with Crippen molar-refractivity contribution in [3.63, 3.8) is 0 Å². The summed E-state index contributed by atoms with van der Waals surface area (Å²) in [6.45, 7) is 6.05. The topological polar surface area (TPSA) is 58.4 Å². The number of nitrogens with zero attached hydrogens (tertiary/aromatic N) is 1. The monoisotopic (exact) mass is 313 g/mol. The standard InChI is InChI=1S/C13H27N3O.2ClH/c1-13(2,9-16(3)4)8-15-12(17)10-5-6-11(14)7-10;;/h10-11H,5-9,14H2,1-4H3,(H,15,17);2*1H. The molecular weight excluding hydrogens is 285 g/mol. The predicted molar refractivity (Wildman–Crippen MR) is 85.2 cm³/mol. The van der Waals surface area contributed by atoms with Gasteiger partial charge in [-0.3, -0.25) is 4.79 Å². The van der Waals surface area contributed by atoms with Crippen molar-refractivity contribution in [3.8, 4) is 0 Å². The second-order valence-corrected chi connectivity index (χ2v) is 6.39. The SMILES string of the molecule is CN(C)CC(C)(C)CNC(=O)C1CCC(N)C1.Cl.Cl. The molecule has 1 amide bonds. The summed E-state index contributed by atoms with van der Waals surface area (Å²) in [6, 6.07) is 0.223. The third kappa shape index (κ3) is 7.98. The number of nitrogens with one attached hydrogen (secondary N) is 1. The quantitative estimate of drug-likeness (QED) is 0.811. The summed E-state index contributed by atoms with van der Waals surface area (Å²) in [7, 11) is 4.11. The van der Waals surface area contributed by atoms with Crippen molar-refractivity contribution in [2.24, 2.45) is 17.1 Å². The van der Waals surface area contributed by atoms with Crippen molar-refractivity contribution < 1.29 is 4.79 Å². The van der Waals surface area contributed by atoms with E-state index in [0.29, 0.717) is 0 Å². The van der Waals surface area contributed by atoms with Crippen LogP contribution in [-0.2, 0) is 4.79 Å². The molecule has 1 saturated carbocycles. The van der Waals surface area contributed by atoms with Gasteiger partial charge < -0.3 is 16.0 Å². The third-order valence-electron chi connectivity index (χ3n) is 3.33. The molecule has 116 valence electrons. The average Bonchev–Trinajstić information content (AvgIpc) is 2.59. The van der Waals surface area contributed by atoms with Gasteiger partial charge in [0, 0.05) is 25.0 Å². The van der Waals surface area contributed by atoms with E-state index in [2.05, 4.69) is 38.2 Å². The van der Waals surface area contributed by atoms with Crippen LogP contribution in [0.1, 0.15) is 33.1 Å². The van der Waals surface area contributed by atoms with Crippen molar-refractivity contribution in [2.45, 2.75) is 39.2 Å². The maximum atomic E-state index is 11.9. The number of halogens is 2. The number of nitrogens with two attached hydrogens (primary N) is 1. The molecule has 0 aromatic heterocycles. The summed E-state index contributed by atoms with van der Waals surface area (Å²) in [5.41, 5.74) is 5.94. The highest BCUT2D eigenvalue weighted by Gasteiger charge is 2.29. The number of amides is 1. The molecule has 3 N–H and O–H groups in total. The van der Waals surface area contributed by atoms with E-state index in [9.17, 15) is 4.79 Å². The summed E-state index contributed by atoms with van der Waals surface area (Å²) in [5.74, 6) is 0.324. The summed E-state index contributed by atoms with van der Waals surface area (Å²) in [4.78, 5) is 14.1. The number of rotatable bonds is 5. The zero-order valence-corrected chi connectivity index (χ0v) is 14.1. The number of hydrogen-bond acceptors (Lipinski definition) is 3. The van der Waals surface area contributed by atoms with Gasteiger partial charge in [0.2, 0.25) is 5.91 Å². The Kier molecular flexibility index (Phi) is 10.1. The molecule has 2 atom stereocenters. The molecule has 4 nitrogen and oxygen atoms in total. The Morgan fingerprint density at radius 2 is 1.89 bits per heavy atom. The maximum Gasteiger partial charge on any atom is 0.223 e. The lowest BCUT2D eigenvalue weighted by molar-refractivity contribution is -0.125. The van der Waals surface area contributed by atoms with E-state index in [1.165, 1.54) is 0 Å². The Morgan fingerprint density at radius 3 is 2.32 bits per heavy atom. The lowest BCUT2D eigenvalue weighted by Gasteiger charge is -2.29. The molecule has 0 spiro atoms. The van der Waals surface area contributed by atoms with Gasteiger partial charge in [0.05, 0.1) is 0 Å². The van der Waals surface area contributed by atoms with E-state index in [1.54, 1.807) is 0 Å². The van der Waals surface area contributed by atoms with Gasteiger partial charge in [-0.2, -0.15) is 0 Å². The van der Waals surface area contributed by atoms with E-state index >= 15 is 0 Å². The minimum Gasteiger partial charge on any atom is -0.355 e. The zero-order chi connectivity index (χ0) is 13.1. The number of hydrogen-bond donors (Lipinski definition) is 2. The van der Waals surface area contributed by atoms with Crippen LogP contribution in [0.4, 0.5) is 0 Å². The molecule has 1 fully saturated rings. The summed E-state index contributed by atoms with van der Waals surface area (Å²) < 4.78 is 0. The summed E-state index contributed by atoms with van der Waals surface area (Å²) in [5, 5.41) is 3.07. The smallest absolute Gasteiger partial charge is 0.223 e. The largest absolute Gasteiger partial charge is 0.355 e. The minimum atomic E-state index is 0. The second kappa shape index (κ2) is 9.01. The molecule has 1 rings (SSSR count). The van der Waals surface area contributed by atoms with Crippen molar-refractivity contribution in [1.82, 2.24) is 10.2 Å². The predicted octanol–water partition coefficient (Wildman–Crippen LogP) is 1.66. The lowest BCUT2D eigenvalue weighted by atomic mass is 9.92. The van der Waals surface area contributed by atoms with Crippen molar-refractivity contribution >= 4 is 30.7 Å². The van der Waals surface area contributed by atoms with Crippen LogP contribution in [0.5, 0.6) is 0 Å². The molecule has 1 aliphatic rings. The van der Waals surface area contributed by atoms with E-state index in [4.69, 9.17) is 5.73 Å².